The fourth-order valence-corrected chi connectivity index (χ4v) is 6.87. The minimum Gasteiger partial charge on any atom is -0.481 e. The van der Waals surface area contributed by atoms with Gasteiger partial charge in [0.25, 0.3) is 0 Å². The third-order valence-electron chi connectivity index (χ3n) is 7.90. The molecule has 1 spiro atoms. The number of rotatable bonds is 1. The number of hydrogen-bond donors (Lipinski definition) is 1. The molecular weight excluding hydrogens is 272 g/mol. The van der Waals surface area contributed by atoms with Crippen molar-refractivity contribution in [1.82, 2.24) is 0 Å². The summed E-state index contributed by atoms with van der Waals surface area (Å²) in [4.78, 5) is 12.0. The first-order valence-electron chi connectivity index (χ1n) is 8.94. The van der Waals surface area contributed by atoms with Crippen molar-refractivity contribution in [2.45, 2.75) is 65.2 Å². The summed E-state index contributed by atoms with van der Waals surface area (Å²) >= 11 is 0. The lowest BCUT2D eigenvalue weighted by atomic mass is 9.44. The van der Waals surface area contributed by atoms with Crippen molar-refractivity contribution in [2.24, 2.45) is 28.1 Å². The Balaban J connectivity index is 1.80. The van der Waals surface area contributed by atoms with E-state index in [4.69, 9.17) is 0 Å². The highest BCUT2D eigenvalue weighted by molar-refractivity contribution is 5.75. The molecule has 0 aromatic heterocycles. The molecule has 2 heteroatoms. The van der Waals surface area contributed by atoms with Gasteiger partial charge < -0.3 is 5.11 Å². The number of hydrogen-bond acceptors (Lipinski definition) is 1. The summed E-state index contributed by atoms with van der Waals surface area (Å²) in [7, 11) is 0. The van der Waals surface area contributed by atoms with Gasteiger partial charge in [-0.3, -0.25) is 4.79 Å². The van der Waals surface area contributed by atoms with Crippen LogP contribution < -0.4 is 0 Å². The van der Waals surface area contributed by atoms with Gasteiger partial charge in [0.1, 0.15) is 0 Å². The van der Waals surface area contributed by atoms with E-state index in [9.17, 15) is 9.90 Å². The first-order chi connectivity index (χ1) is 10.3. The molecule has 120 valence electrons. The van der Waals surface area contributed by atoms with E-state index < -0.39 is 11.4 Å². The van der Waals surface area contributed by atoms with Crippen molar-refractivity contribution in [3.63, 3.8) is 0 Å². The molecule has 0 aliphatic heterocycles. The van der Waals surface area contributed by atoms with Crippen LogP contribution in [0.25, 0.3) is 0 Å². The van der Waals surface area contributed by atoms with Crippen LogP contribution in [-0.2, 0) is 4.79 Å². The van der Waals surface area contributed by atoms with Crippen LogP contribution in [0.2, 0.25) is 0 Å². The van der Waals surface area contributed by atoms with Crippen molar-refractivity contribution >= 4 is 5.97 Å². The number of carboxylic acids is 1. The number of carbonyl (C=O) groups is 1. The standard InChI is InChI=1S/C20H28O2/c1-13-11-20-10-7-15-18(2,16(20)6-5-14(13)12-20)8-4-9-19(15,3)17(21)22/h6,14-15H,1,4-5,7-12H2,2-3H3,(H,21,22)/t14-,15+,18-,19-,20-/m1/s1. The molecule has 0 aromatic rings. The smallest absolute Gasteiger partial charge is 0.309 e. The predicted octanol–water partition coefficient (Wildman–Crippen LogP) is 4.96. The molecule has 4 aliphatic rings. The summed E-state index contributed by atoms with van der Waals surface area (Å²) in [6.07, 6.45) is 11.4. The first kappa shape index (κ1) is 14.5. The SMILES string of the molecule is C=C1C[C@@]23CC[C@@H]4[C@](C)(C(=O)O)CCC[C@@]4(C)C2=CC[C@@H]1C3. The second kappa shape index (κ2) is 4.27. The second-order valence-corrected chi connectivity index (χ2v) is 8.95. The van der Waals surface area contributed by atoms with Gasteiger partial charge >= 0.3 is 5.97 Å². The summed E-state index contributed by atoms with van der Waals surface area (Å²) < 4.78 is 0. The van der Waals surface area contributed by atoms with Gasteiger partial charge in [0, 0.05) is 0 Å². The predicted molar refractivity (Wildman–Crippen MR) is 87.4 cm³/mol. The molecule has 1 N–H and O–H groups in total. The monoisotopic (exact) mass is 300 g/mol. The van der Waals surface area contributed by atoms with Crippen LogP contribution in [0.4, 0.5) is 0 Å². The highest BCUT2D eigenvalue weighted by Crippen LogP contribution is 2.70. The lowest BCUT2D eigenvalue weighted by Gasteiger charge is -2.60. The highest BCUT2D eigenvalue weighted by atomic mass is 16.4. The van der Waals surface area contributed by atoms with E-state index in [1.807, 2.05) is 6.92 Å². The van der Waals surface area contributed by atoms with Gasteiger partial charge in [-0.05, 0) is 74.5 Å². The van der Waals surface area contributed by atoms with Crippen molar-refractivity contribution in [3.8, 4) is 0 Å². The molecule has 2 bridgehead atoms. The van der Waals surface area contributed by atoms with Crippen LogP contribution in [0.1, 0.15) is 65.2 Å². The van der Waals surface area contributed by atoms with Crippen LogP contribution in [0, 0.1) is 28.1 Å². The quantitative estimate of drug-likeness (QED) is 0.695. The molecule has 0 saturated heterocycles. The average molecular weight is 300 g/mol. The normalized spacial score (nSPS) is 50.1. The summed E-state index contributed by atoms with van der Waals surface area (Å²) in [6, 6.07) is 0. The highest BCUT2D eigenvalue weighted by Gasteiger charge is 2.62. The summed E-state index contributed by atoms with van der Waals surface area (Å²) in [5, 5.41) is 9.89. The van der Waals surface area contributed by atoms with Gasteiger partial charge in [-0.1, -0.05) is 37.1 Å². The Kier molecular flexibility index (Phi) is 2.82. The Morgan fingerprint density at radius 1 is 1.32 bits per heavy atom. The van der Waals surface area contributed by atoms with E-state index in [0.717, 1.165) is 32.1 Å². The van der Waals surface area contributed by atoms with Crippen LogP contribution in [0.5, 0.6) is 0 Å². The zero-order valence-corrected chi connectivity index (χ0v) is 14.0. The lowest BCUT2D eigenvalue weighted by molar-refractivity contribution is -0.161. The van der Waals surface area contributed by atoms with E-state index in [2.05, 4.69) is 19.6 Å². The van der Waals surface area contributed by atoms with E-state index >= 15 is 0 Å². The fourth-order valence-electron chi connectivity index (χ4n) is 6.87. The number of fused-ring (bicyclic) bond motifs is 3. The molecule has 4 rings (SSSR count). The number of aliphatic carboxylic acids is 1. The third kappa shape index (κ3) is 1.59. The van der Waals surface area contributed by atoms with E-state index in [1.54, 1.807) is 5.57 Å². The minimum absolute atomic E-state index is 0.0965. The van der Waals surface area contributed by atoms with Gasteiger partial charge in [-0.25, -0.2) is 0 Å². The van der Waals surface area contributed by atoms with Crippen LogP contribution in [0.3, 0.4) is 0 Å². The molecule has 0 aromatic carbocycles. The first-order valence-corrected chi connectivity index (χ1v) is 8.94. The fraction of sp³-hybridized carbons (Fsp3) is 0.750. The van der Waals surface area contributed by atoms with E-state index in [0.29, 0.717) is 17.3 Å². The molecule has 4 aliphatic carbocycles. The zero-order chi connectivity index (χ0) is 15.8. The molecule has 0 heterocycles. The Morgan fingerprint density at radius 2 is 2.09 bits per heavy atom. The molecule has 3 saturated carbocycles. The average Bonchev–Trinajstić information content (AvgIpc) is 2.68. The molecule has 0 radical (unpaired) electrons. The molecule has 0 amide bonds. The third-order valence-corrected chi connectivity index (χ3v) is 7.90. The van der Waals surface area contributed by atoms with Gasteiger partial charge in [0.2, 0.25) is 0 Å². The zero-order valence-electron chi connectivity index (χ0n) is 14.0. The molecule has 0 unspecified atom stereocenters. The summed E-state index contributed by atoms with van der Waals surface area (Å²) in [5.41, 5.74) is 2.96. The Morgan fingerprint density at radius 3 is 2.82 bits per heavy atom. The maximum atomic E-state index is 12.0. The number of allylic oxidation sites excluding steroid dienone is 3. The van der Waals surface area contributed by atoms with Crippen molar-refractivity contribution in [1.29, 1.82) is 0 Å². The van der Waals surface area contributed by atoms with Crippen LogP contribution in [-0.4, -0.2) is 11.1 Å². The maximum Gasteiger partial charge on any atom is 0.309 e. The molecule has 22 heavy (non-hydrogen) atoms. The summed E-state index contributed by atoms with van der Waals surface area (Å²) in [6.45, 7) is 8.73. The molecular formula is C20H28O2. The molecule has 3 fully saturated rings. The van der Waals surface area contributed by atoms with Crippen molar-refractivity contribution in [3.05, 3.63) is 23.8 Å². The van der Waals surface area contributed by atoms with Gasteiger partial charge in [-0.2, -0.15) is 0 Å². The van der Waals surface area contributed by atoms with Gasteiger partial charge in [-0.15, -0.1) is 0 Å². The molecule has 2 nitrogen and oxygen atoms in total. The van der Waals surface area contributed by atoms with Gasteiger partial charge in [0.15, 0.2) is 0 Å². The summed E-state index contributed by atoms with van der Waals surface area (Å²) in [5.74, 6) is 0.413. The van der Waals surface area contributed by atoms with Gasteiger partial charge in [0.05, 0.1) is 5.41 Å². The maximum absolute atomic E-state index is 12.0. The van der Waals surface area contributed by atoms with Crippen molar-refractivity contribution in [2.75, 3.05) is 0 Å². The van der Waals surface area contributed by atoms with Crippen LogP contribution in [0.15, 0.2) is 23.8 Å². The Bertz CT molecular complexity index is 589. The second-order valence-electron chi connectivity index (χ2n) is 8.95. The molecule has 5 atom stereocenters. The van der Waals surface area contributed by atoms with E-state index in [-0.39, 0.29) is 5.41 Å². The Hall–Kier alpha value is -1.05. The topological polar surface area (TPSA) is 37.3 Å². The number of carboxylic acid groups (broad SMARTS) is 1. The largest absolute Gasteiger partial charge is 0.481 e. The van der Waals surface area contributed by atoms with Crippen LogP contribution >= 0.6 is 0 Å². The van der Waals surface area contributed by atoms with Crippen molar-refractivity contribution < 1.29 is 9.90 Å². The lowest BCUT2D eigenvalue weighted by Crippen LogP contribution is -2.54. The minimum atomic E-state index is -0.579. The van der Waals surface area contributed by atoms with E-state index in [1.165, 1.54) is 24.8 Å². The Labute approximate surface area is 133 Å².